The van der Waals surface area contributed by atoms with Crippen LogP contribution in [0.2, 0.25) is 0 Å². The third kappa shape index (κ3) is 2.22. The average Bonchev–Trinajstić information content (AvgIpc) is 3.23. The Kier molecular flexibility index (Phi) is 3.31. The van der Waals surface area contributed by atoms with Crippen molar-refractivity contribution in [1.82, 2.24) is 0 Å². The van der Waals surface area contributed by atoms with Crippen molar-refractivity contribution in [2.75, 3.05) is 7.11 Å². The molecule has 1 saturated carbocycles. The molecular formula is C18H18O2. The quantitative estimate of drug-likeness (QED) is 0.775. The van der Waals surface area contributed by atoms with E-state index in [1.165, 1.54) is 0 Å². The zero-order valence-electron chi connectivity index (χ0n) is 11.8. The fraction of sp³-hybridized carbons (Fsp3) is 0.278. The van der Waals surface area contributed by atoms with Crippen LogP contribution in [0.5, 0.6) is 5.75 Å². The molecule has 1 aliphatic rings. The zero-order chi connectivity index (χ0) is 14.1. The van der Waals surface area contributed by atoms with Gasteiger partial charge >= 0.3 is 0 Å². The number of carbonyl (C=O) groups excluding carboxylic acids is 1. The summed E-state index contributed by atoms with van der Waals surface area (Å²) in [7, 11) is 1.66. The maximum Gasteiger partial charge on any atom is 0.166 e. The van der Waals surface area contributed by atoms with Gasteiger partial charge in [0.05, 0.1) is 7.11 Å². The Balaban J connectivity index is 2.08. The molecule has 102 valence electrons. The Morgan fingerprint density at radius 2 is 1.65 bits per heavy atom. The number of methoxy groups -OCH3 is 1. The number of para-hydroxylation sites is 1. The molecule has 20 heavy (non-hydrogen) atoms. The predicted molar refractivity (Wildman–Crippen MR) is 80.0 cm³/mol. The molecule has 2 aromatic carbocycles. The first-order valence-electron chi connectivity index (χ1n) is 6.99. The summed E-state index contributed by atoms with van der Waals surface area (Å²) in [5, 5.41) is 0. The van der Waals surface area contributed by atoms with Gasteiger partial charge in [-0.15, -0.1) is 0 Å². The minimum atomic E-state index is 0.200. The van der Waals surface area contributed by atoms with Gasteiger partial charge in [-0.1, -0.05) is 49.4 Å². The summed E-state index contributed by atoms with van der Waals surface area (Å²) in [6, 6.07) is 15.7. The third-order valence-electron chi connectivity index (χ3n) is 4.04. The van der Waals surface area contributed by atoms with E-state index in [1.807, 2.05) is 48.5 Å². The molecule has 0 aliphatic heterocycles. The second kappa shape index (κ2) is 5.12. The van der Waals surface area contributed by atoms with E-state index < -0.39 is 0 Å². The molecule has 2 unspecified atom stereocenters. The molecule has 1 fully saturated rings. The second-order valence-electron chi connectivity index (χ2n) is 5.43. The van der Waals surface area contributed by atoms with Crippen LogP contribution in [0.3, 0.4) is 0 Å². The summed E-state index contributed by atoms with van der Waals surface area (Å²) in [6.07, 6.45) is 1.01. The number of rotatable bonds is 4. The highest BCUT2D eigenvalue weighted by molar-refractivity contribution is 6.05. The molecule has 2 heteroatoms. The van der Waals surface area contributed by atoms with E-state index in [0.29, 0.717) is 5.92 Å². The monoisotopic (exact) mass is 266 g/mol. The lowest BCUT2D eigenvalue weighted by atomic mass is 9.94. The maximum absolute atomic E-state index is 12.6. The molecule has 0 amide bonds. The van der Waals surface area contributed by atoms with Crippen LogP contribution in [0.25, 0.3) is 11.1 Å². The van der Waals surface area contributed by atoms with Gasteiger partial charge in [0.2, 0.25) is 0 Å². The smallest absolute Gasteiger partial charge is 0.166 e. The van der Waals surface area contributed by atoms with Gasteiger partial charge < -0.3 is 4.74 Å². The maximum atomic E-state index is 12.6. The number of ether oxygens (including phenoxy) is 1. The number of ketones is 1. The van der Waals surface area contributed by atoms with Crippen LogP contribution in [0.1, 0.15) is 23.7 Å². The molecule has 0 heterocycles. The lowest BCUT2D eigenvalue weighted by molar-refractivity contribution is 0.0963. The molecule has 1 aliphatic carbocycles. The Labute approximate surface area is 119 Å². The van der Waals surface area contributed by atoms with Gasteiger partial charge in [0, 0.05) is 17.0 Å². The zero-order valence-corrected chi connectivity index (χ0v) is 11.8. The first-order chi connectivity index (χ1) is 9.72. The SMILES string of the molecule is COc1ccccc1-c1ccccc1C(=O)C1CC1C. The fourth-order valence-electron chi connectivity index (χ4n) is 2.69. The highest BCUT2D eigenvalue weighted by Crippen LogP contribution is 2.42. The van der Waals surface area contributed by atoms with E-state index in [1.54, 1.807) is 7.11 Å². The second-order valence-corrected chi connectivity index (χ2v) is 5.43. The van der Waals surface area contributed by atoms with Crippen molar-refractivity contribution < 1.29 is 9.53 Å². The van der Waals surface area contributed by atoms with Crippen LogP contribution in [-0.2, 0) is 0 Å². The van der Waals surface area contributed by atoms with Crippen molar-refractivity contribution in [2.24, 2.45) is 11.8 Å². The first kappa shape index (κ1) is 12.9. The van der Waals surface area contributed by atoms with Crippen molar-refractivity contribution in [3.05, 3.63) is 54.1 Å². The molecule has 0 saturated heterocycles. The van der Waals surface area contributed by atoms with Crippen LogP contribution in [0, 0.1) is 11.8 Å². The van der Waals surface area contributed by atoms with Crippen LogP contribution in [0.4, 0.5) is 0 Å². The summed E-state index contributed by atoms with van der Waals surface area (Å²) < 4.78 is 5.42. The number of carbonyl (C=O) groups is 1. The minimum absolute atomic E-state index is 0.200. The van der Waals surface area contributed by atoms with E-state index in [2.05, 4.69) is 6.92 Å². The first-order valence-corrected chi connectivity index (χ1v) is 6.99. The van der Waals surface area contributed by atoms with Crippen molar-refractivity contribution in [1.29, 1.82) is 0 Å². The van der Waals surface area contributed by atoms with Gasteiger partial charge in [0.15, 0.2) is 5.78 Å². The molecule has 2 nitrogen and oxygen atoms in total. The van der Waals surface area contributed by atoms with E-state index in [0.717, 1.165) is 28.9 Å². The molecule has 0 aromatic heterocycles. The third-order valence-corrected chi connectivity index (χ3v) is 4.04. The summed E-state index contributed by atoms with van der Waals surface area (Å²) in [5.74, 6) is 1.79. The number of hydrogen-bond acceptors (Lipinski definition) is 2. The van der Waals surface area contributed by atoms with Gasteiger partial charge in [-0.05, 0) is 24.0 Å². The largest absolute Gasteiger partial charge is 0.496 e. The molecule has 2 atom stereocenters. The Bertz CT molecular complexity index is 645. The van der Waals surface area contributed by atoms with Gasteiger partial charge in [-0.3, -0.25) is 4.79 Å². The fourth-order valence-corrected chi connectivity index (χ4v) is 2.69. The average molecular weight is 266 g/mol. The topological polar surface area (TPSA) is 26.3 Å². The van der Waals surface area contributed by atoms with E-state index in [9.17, 15) is 4.79 Å². The normalized spacial score (nSPS) is 20.5. The molecule has 3 rings (SSSR count). The molecule has 0 N–H and O–H groups in total. The van der Waals surface area contributed by atoms with Crippen LogP contribution in [-0.4, -0.2) is 12.9 Å². The van der Waals surface area contributed by atoms with Gasteiger partial charge in [0.1, 0.15) is 5.75 Å². The van der Waals surface area contributed by atoms with Gasteiger partial charge in [0.25, 0.3) is 0 Å². The molecule has 2 aromatic rings. The van der Waals surface area contributed by atoms with Crippen LogP contribution in [0.15, 0.2) is 48.5 Å². The lowest BCUT2D eigenvalue weighted by Gasteiger charge is -2.12. The predicted octanol–water partition coefficient (Wildman–Crippen LogP) is 4.20. The van der Waals surface area contributed by atoms with E-state index >= 15 is 0 Å². The standard InChI is InChI=1S/C18H18O2/c1-12-11-16(12)18(19)15-9-4-3-7-13(15)14-8-5-6-10-17(14)20-2/h3-10,12,16H,11H2,1-2H3. The van der Waals surface area contributed by atoms with E-state index in [-0.39, 0.29) is 11.7 Å². The van der Waals surface area contributed by atoms with Crippen molar-refractivity contribution in [2.45, 2.75) is 13.3 Å². The highest BCUT2D eigenvalue weighted by Gasteiger charge is 2.40. The van der Waals surface area contributed by atoms with Crippen LogP contribution < -0.4 is 4.74 Å². The van der Waals surface area contributed by atoms with Crippen LogP contribution >= 0.6 is 0 Å². The Morgan fingerprint density at radius 1 is 1.05 bits per heavy atom. The molecular weight excluding hydrogens is 248 g/mol. The van der Waals surface area contributed by atoms with Gasteiger partial charge in [-0.2, -0.15) is 0 Å². The van der Waals surface area contributed by atoms with Crippen molar-refractivity contribution in [3.63, 3.8) is 0 Å². The summed E-state index contributed by atoms with van der Waals surface area (Å²) in [6.45, 7) is 2.13. The highest BCUT2D eigenvalue weighted by atomic mass is 16.5. The number of benzene rings is 2. The Hall–Kier alpha value is -2.09. The minimum Gasteiger partial charge on any atom is -0.496 e. The lowest BCUT2D eigenvalue weighted by Crippen LogP contribution is -2.05. The number of hydrogen-bond donors (Lipinski definition) is 0. The van der Waals surface area contributed by atoms with E-state index in [4.69, 9.17) is 4.74 Å². The van der Waals surface area contributed by atoms with Crippen molar-refractivity contribution in [3.8, 4) is 16.9 Å². The number of Topliss-reactive ketones (excluding diaryl/α,β-unsaturated/α-hetero) is 1. The molecule has 0 bridgehead atoms. The molecule has 0 radical (unpaired) electrons. The molecule has 0 spiro atoms. The summed E-state index contributed by atoms with van der Waals surface area (Å²) in [5.41, 5.74) is 2.76. The van der Waals surface area contributed by atoms with Crippen molar-refractivity contribution >= 4 is 5.78 Å². The van der Waals surface area contributed by atoms with Gasteiger partial charge in [-0.25, -0.2) is 0 Å². The Morgan fingerprint density at radius 3 is 2.30 bits per heavy atom. The summed E-state index contributed by atoms with van der Waals surface area (Å²) in [4.78, 5) is 12.6. The summed E-state index contributed by atoms with van der Waals surface area (Å²) >= 11 is 0.